The molecule has 9 saturated carbocycles. The van der Waals surface area contributed by atoms with E-state index < -0.39 is 0 Å². The zero-order chi connectivity index (χ0) is 84.0. The van der Waals surface area contributed by atoms with E-state index in [0.29, 0.717) is 73.5 Å². The van der Waals surface area contributed by atoms with Crippen LogP contribution in [0.2, 0.25) is 0 Å². The Bertz CT molecular complexity index is 4700. The number of primary amides is 5. The smallest absolute Gasteiger partial charge is 0.248 e. The van der Waals surface area contributed by atoms with E-state index in [9.17, 15) is 24.0 Å². The first-order chi connectivity index (χ1) is 59.0. The summed E-state index contributed by atoms with van der Waals surface area (Å²) in [5, 5.41) is 0. The van der Waals surface area contributed by atoms with Gasteiger partial charge < -0.3 is 28.7 Å². The molecule has 0 aromatic heterocycles. The molecule has 5 aromatic carbocycles. The minimum Gasteiger partial charge on any atom is -0.366 e. The predicted molar refractivity (Wildman–Crippen MR) is 486 cm³/mol. The van der Waals surface area contributed by atoms with E-state index in [1.54, 1.807) is 0 Å². The second-order valence-corrected chi connectivity index (χ2v) is 44.2. The first-order valence-electron chi connectivity index (χ1n) is 49.9. The van der Waals surface area contributed by atoms with Crippen LogP contribution in [0.5, 0.6) is 0 Å². The van der Waals surface area contributed by atoms with Gasteiger partial charge in [-0.1, -0.05) is 102 Å². The maximum absolute atomic E-state index is 11.8. The molecular formula is C107H146N10O5. The summed E-state index contributed by atoms with van der Waals surface area (Å²) < 4.78 is 0. The van der Waals surface area contributed by atoms with Crippen molar-refractivity contribution >= 4 is 29.5 Å². The van der Waals surface area contributed by atoms with Crippen molar-refractivity contribution in [1.29, 1.82) is 0 Å². The summed E-state index contributed by atoms with van der Waals surface area (Å²) in [5.41, 5.74) is 47.4. The van der Waals surface area contributed by atoms with Gasteiger partial charge in [-0.3, -0.25) is 48.5 Å². The van der Waals surface area contributed by atoms with E-state index in [4.69, 9.17) is 28.7 Å². The molecule has 18 atom stereocenters. The molecular weight excluding hydrogens is 1510 g/mol. The van der Waals surface area contributed by atoms with Crippen molar-refractivity contribution in [3.63, 3.8) is 0 Å². The zero-order valence-electron chi connectivity index (χ0n) is 74.8. The fraction of sp³-hybridized carbons (Fsp3) is 0.673. The summed E-state index contributed by atoms with van der Waals surface area (Å²) in [5.74, 6) is 7.01. The number of carbonyl (C=O) groups excluding carboxylic acids is 5. The van der Waals surface area contributed by atoms with Crippen molar-refractivity contribution in [3.05, 3.63) is 174 Å². The summed E-state index contributed by atoms with van der Waals surface area (Å²) in [6, 6.07) is 37.1. The number of rotatable bonds is 15. The van der Waals surface area contributed by atoms with Gasteiger partial charge >= 0.3 is 0 Å². The van der Waals surface area contributed by atoms with Gasteiger partial charge in [0, 0.05) is 111 Å². The maximum Gasteiger partial charge on any atom is 0.248 e. The van der Waals surface area contributed by atoms with Gasteiger partial charge in [-0.05, 0) is 414 Å². The van der Waals surface area contributed by atoms with Gasteiger partial charge in [-0.25, -0.2) is 0 Å². The van der Waals surface area contributed by atoms with Gasteiger partial charge in [0.25, 0.3) is 0 Å². The highest BCUT2D eigenvalue weighted by Crippen LogP contribution is 2.63. The molecule has 15 heteroatoms. The largest absolute Gasteiger partial charge is 0.366 e. The molecule has 10 N–H and O–H groups in total. The van der Waals surface area contributed by atoms with Crippen LogP contribution in [0.1, 0.15) is 348 Å². The number of hydrogen-bond acceptors (Lipinski definition) is 10. The molecule has 15 nitrogen and oxygen atoms in total. The fourth-order valence-electron chi connectivity index (χ4n) is 30.8. The van der Waals surface area contributed by atoms with Crippen molar-refractivity contribution < 1.29 is 24.0 Å². The van der Waals surface area contributed by atoms with Crippen LogP contribution in [-0.2, 0) is 59.2 Å². The van der Waals surface area contributed by atoms with Crippen LogP contribution in [0.25, 0.3) is 0 Å². The standard InChI is InChI=1S/3C22H30N2O.C21H28N2O.C20H28N2O/c2*1-14(15-5-6-15)24-11-10-22-9-3-2-4-18(22)20(24)13-16-7-8-17(21(23)25)12-19(16)22;23-21(25)17-8-7-16-13-20-18-6-1-2-9-22(18,19(16)12-17)10-11-24(20)14-15-4-3-5-15;22-20(24)16-7-6-15-12-19-17-3-1-2-8-21(17,18(15)11-16)9-10-23(19)13-14-4-5-14;1-12-18-11-15-6-7-16(19(21)23)10-17(15)20(12,3)8-9-22(18)13(2)14-4-5-14/h2*7-8,12,14-15,18,20H,2-6,9-11,13H2,1H3,(H2,23,25);7-8,12,15,18,20H,1-6,9-11,13-14H2,(H2,23,25);6-7,11,14,17,19H,1-5,8-10,12-13H2,(H2,22,24);6-7,10,12-14,18H,4-5,8-9,11H2,1-3H3,(H2,21,23)/t14-,18?,20+,22+;14-,18?,20-,22-;18?,20-,22-;17?,19-,21-;12-,13-,18+,20+/m01110/s1. The molecule has 19 aliphatic rings. The molecule has 24 rings (SSSR count). The number of amides is 5. The van der Waals surface area contributed by atoms with E-state index >= 15 is 0 Å². The van der Waals surface area contributed by atoms with Crippen molar-refractivity contribution in [1.82, 2.24) is 24.5 Å². The van der Waals surface area contributed by atoms with Gasteiger partial charge in [0.1, 0.15) is 0 Å². The second-order valence-electron chi connectivity index (χ2n) is 44.2. The molecule has 5 heterocycles. The molecule has 5 saturated heterocycles. The molecule has 5 aromatic rings. The zero-order valence-corrected chi connectivity index (χ0v) is 74.8. The van der Waals surface area contributed by atoms with Gasteiger partial charge in [0.2, 0.25) is 29.5 Å². The summed E-state index contributed by atoms with van der Waals surface area (Å²) in [6.45, 7) is 21.0. The lowest BCUT2D eigenvalue weighted by Gasteiger charge is -2.60. The molecule has 14 aliphatic carbocycles. The minimum atomic E-state index is -0.314. The second kappa shape index (κ2) is 32.8. The molecule has 14 fully saturated rings. The van der Waals surface area contributed by atoms with Crippen molar-refractivity contribution in [2.24, 2.45) is 87.8 Å². The molecule has 0 radical (unpaired) electrons. The van der Waals surface area contributed by atoms with Crippen LogP contribution in [0, 0.1) is 59.2 Å². The predicted octanol–water partition coefficient (Wildman–Crippen LogP) is 17.3. The third kappa shape index (κ3) is 14.8. The highest BCUT2D eigenvalue weighted by Gasteiger charge is 2.61. The van der Waals surface area contributed by atoms with Crippen LogP contribution in [0.4, 0.5) is 0 Å². The minimum absolute atomic E-state index is 0.170. The topological polar surface area (TPSA) is 232 Å². The third-order valence-corrected chi connectivity index (χ3v) is 38.5. The van der Waals surface area contributed by atoms with Crippen LogP contribution >= 0.6 is 0 Å². The average molecular weight is 1650 g/mol. The van der Waals surface area contributed by atoms with Gasteiger partial charge in [0.05, 0.1) is 0 Å². The molecule has 0 spiro atoms. The van der Waals surface area contributed by atoms with Gasteiger partial charge in [-0.15, -0.1) is 0 Å². The average Bonchev–Trinajstić information content (AvgIpc) is 0.863. The Labute approximate surface area is 729 Å². The molecule has 5 aliphatic heterocycles. The summed E-state index contributed by atoms with van der Waals surface area (Å²) in [7, 11) is 0. The Morgan fingerprint density at radius 3 is 0.910 bits per heavy atom. The number of likely N-dealkylation sites (tertiary alicyclic amines) is 5. The Kier molecular flexibility index (Phi) is 22.5. The number of nitrogens with two attached hydrogens (primary N) is 5. The SMILES string of the molecule is C[C@@H](C1CC1)N1CC[C@@]2(C)c3cc(C(N)=O)ccc3C[C@@H]1[C@@H]2C.C[C@@H](C1CC1)N1CC[C@]23CCCCC2[C@H]1Cc1ccc(C(N)=O)cc13.C[C@H](C1CC1)N1CC[C@]23CCCCC2[C@H]1Cc1ccc(C(N)=O)cc13.NC(=O)c1ccc2c(c1)[C@@]13CCCCC1[C@@H](C2)N(CC1CC1)CC3.NC(=O)c1ccc2c(c1)[C@@]13CCCCC1[C@@H](C2)N(CC1CCC1)CC3. The summed E-state index contributed by atoms with van der Waals surface area (Å²) >= 11 is 0. The van der Waals surface area contributed by atoms with Crippen LogP contribution < -0.4 is 28.7 Å². The number of fused-ring (bicyclic) bond motifs is 8. The normalized spacial score (nSPS) is 35.2. The lowest BCUT2D eigenvalue weighted by molar-refractivity contribution is -0.0343. The van der Waals surface area contributed by atoms with E-state index in [0.717, 1.165) is 103 Å². The van der Waals surface area contributed by atoms with Crippen molar-refractivity contribution in [2.75, 3.05) is 45.8 Å². The Morgan fingerprint density at radius 1 is 0.320 bits per heavy atom. The van der Waals surface area contributed by atoms with Crippen LogP contribution in [0.15, 0.2) is 91.0 Å². The van der Waals surface area contributed by atoms with Gasteiger partial charge in [0.15, 0.2) is 0 Å². The quantitative estimate of drug-likeness (QED) is 0.0665. The fourth-order valence-corrected chi connectivity index (χ4v) is 30.8. The highest BCUT2D eigenvalue weighted by atomic mass is 16.2. The Balaban J connectivity index is 0.0000000970. The Hall–Kier alpha value is -6.75. The maximum atomic E-state index is 11.8. The highest BCUT2D eigenvalue weighted by molar-refractivity contribution is 5.95. The van der Waals surface area contributed by atoms with Crippen molar-refractivity contribution in [2.45, 2.75) is 348 Å². The Morgan fingerprint density at radius 2 is 0.598 bits per heavy atom. The van der Waals surface area contributed by atoms with Gasteiger partial charge in [-0.2, -0.15) is 0 Å². The summed E-state index contributed by atoms with van der Waals surface area (Å²) in [4.78, 5) is 72.8. The van der Waals surface area contributed by atoms with E-state index in [-0.39, 0.29) is 35.0 Å². The lowest BCUT2D eigenvalue weighted by atomic mass is 9.52. The molecule has 4 unspecified atom stereocenters. The number of piperidine rings is 5. The van der Waals surface area contributed by atoms with Crippen molar-refractivity contribution in [3.8, 4) is 0 Å². The first kappa shape index (κ1) is 83.5. The summed E-state index contributed by atoms with van der Waals surface area (Å²) in [6.07, 6.45) is 49.3. The molecule has 122 heavy (non-hydrogen) atoms. The lowest BCUT2D eigenvalue weighted by Crippen LogP contribution is -2.63. The van der Waals surface area contributed by atoms with Crippen LogP contribution in [0.3, 0.4) is 0 Å². The number of carbonyl (C=O) groups is 5. The van der Waals surface area contributed by atoms with Crippen LogP contribution in [-0.4, -0.2) is 148 Å². The number of benzene rings is 5. The number of nitrogens with zero attached hydrogens (tertiary/aromatic N) is 5. The monoisotopic (exact) mass is 1650 g/mol. The van der Waals surface area contributed by atoms with E-state index in [2.05, 4.69) is 120 Å². The molecule has 10 bridgehead atoms. The first-order valence-corrected chi connectivity index (χ1v) is 49.9. The third-order valence-electron chi connectivity index (χ3n) is 38.5. The number of hydrogen-bond donors (Lipinski definition) is 5. The van der Waals surface area contributed by atoms with E-state index in [1.165, 1.54) is 320 Å². The van der Waals surface area contributed by atoms with E-state index in [1.807, 2.05) is 30.3 Å². The molecule has 654 valence electrons. The molecule has 5 amide bonds.